The number of nitrogens with one attached hydrogen (secondary N) is 8. The maximum absolute atomic E-state index is 14.4. The number of hydrogen-bond donors (Lipinski definition) is 18. The van der Waals surface area contributed by atoms with Crippen molar-refractivity contribution in [3.8, 4) is 0 Å². The first-order valence-electron chi connectivity index (χ1n) is 26.6. The number of amides is 9. The molecular formula is C48H86N20O11. The van der Waals surface area contributed by atoms with Gasteiger partial charge in [0.15, 0.2) is 5.96 Å². The zero-order valence-corrected chi connectivity index (χ0v) is 44.9. The van der Waals surface area contributed by atoms with Crippen molar-refractivity contribution in [2.24, 2.45) is 55.9 Å². The molecule has 2 heterocycles. The Bertz CT molecular complexity index is 2190. The summed E-state index contributed by atoms with van der Waals surface area (Å²) in [5, 5.41) is 38.1. The second-order valence-corrected chi connectivity index (χ2v) is 18.6. The minimum absolute atomic E-state index is 0.0283. The van der Waals surface area contributed by atoms with Crippen LogP contribution in [0.25, 0.3) is 0 Å². The molecule has 1 aliphatic heterocycles. The van der Waals surface area contributed by atoms with Gasteiger partial charge in [0, 0.05) is 51.0 Å². The molecule has 444 valence electrons. The number of aliphatic hydroxyl groups excluding tert-OH is 2. The summed E-state index contributed by atoms with van der Waals surface area (Å²) < 4.78 is 0. The molecule has 0 aromatic carbocycles. The van der Waals surface area contributed by atoms with Gasteiger partial charge in [-0.2, -0.15) is 0 Å². The van der Waals surface area contributed by atoms with Crippen LogP contribution in [-0.4, -0.2) is 198 Å². The fourth-order valence-corrected chi connectivity index (χ4v) is 7.95. The van der Waals surface area contributed by atoms with E-state index in [0.717, 1.165) is 0 Å². The van der Waals surface area contributed by atoms with E-state index >= 15 is 0 Å². The summed E-state index contributed by atoms with van der Waals surface area (Å²) in [5.41, 5.74) is 44.6. The van der Waals surface area contributed by atoms with Gasteiger partial charge < -0.3 is 103 Å². The van der Waals surface area contributed by atoms with Crippen LogP contribution >= 0.6 is 0 Å². The van der Waals surface area contributed by atoms with E-state index in [1.807, 2.05) is 0 Å². The lowest BCUT2D eigenvalue weighted by atomic mass is 10.1. The van der Waals surface area contributed by atoms with Crippen molar-refractivity contribution in [3.63, 3.8) is 0 Å². The average molecular weight is 1120 g/mol. The van der Waals surface area contributed by atoms with Crippen molar-refractivity contribution in [1.29, 1.82) is 0 Å². The van der Waals surface area contributed by atoms with E-state index in [1.54, 1.807) is 0 Å². The summed E-state index contributed by atoms with van der Waals surface area (Å²) in [7, 11) is 0. The van der Waals surface area contributed by atoms with E-state index in [0.29, 0.717) is 70.3 Å². The molecule has 0 unspecified atom stereocenters. The van der Waals surface area contributed by atoms with Gasteiger partial charge in [0.1, 0.15) is 41.6 Å². The van der Waals surface area contributed by atoms with Crippen LogP contribution in [0.1, 0.15) is 95.6 Å². The Balaban J connectivity index is 2.42. The minimum atomic E-state index is -1.63. The molecule has 31 nitrogen and oxygen atoms in total. The van der Waals surface area contributed by atoms with Crippen LogP contribution in [0.15, 0.2) is 34.3 Å². The summed E-state index contributed by atoms with van der Waals surface area (Å²) in [6, 6.07) is -6.53. The molecule has 0 spiro atoms. The van der Waals surface area contributed by atoms with E-state index in [4.69, 9.17) is 45.9 Å². The fraction of sp³-hybridized carbons (Fsp3) is 0.667. The number of aromatic nitrogens is 2. The number of nitrogens with zero attached hydrogens (tertiary/aromatic N) is 4. The zero-order chi connectivity index (χ0) is 58.7. The lowest BCUT2D eigenvalue weighted by Gasteiger charge is -2.28. The van der Waals surface area contributed by atoms with Crippen LogP contribution in [-0.2, 0) is 49.6 Å². The number of unbranched alkanes of at least 4 members (excludes halogenated alkanes) is 3. The molecule has 79 heavy (non-hydrogen) atoms. The highest BCUT2D eigenvalue weighted by Gasteiger charge is 2.39. The lowest BCUT2D eigenvalue weighted by molar-refractivity contribution is -0.136. The number of carbonyl (C=O) groups excluding carboxylic acids is 9. The number of rotatable bonds is 39. The first-order valence-corrected chi connectivity index (χ1v) is 26.6. The maximum Gasteiger partial charge on any atom is 0.269 e. The lowest BCUT2D eigenvalue weighted by Crippen LogP contribution is -2.57. The molecule has 26 N–H and O–H groups in total. The zero-order valence-electron chi connectivity index (χ0n) is 44.9. The summed E-state index contributed by atoms with van der Waals surface area (Å²) in [5.74, 6) is -7.53. The number of imidazole rings is 1. The number of aliphatic hydroxyl groups is 2. The van der Waals surface area contributed by atoms with Gasteiger partial charge in [-0.15, -0.1) is 0 Å². The topological polar surface area (TPSA) is 543 Å². The van der Waals surface area contributed by atoms with Gasteiger partial charge in [0.05, 0.1) is 31.5 Å². The largest absolute Gasteiger partial charge is 0.391 e. The van der Waals surface area contributed by atoms with Gasteiger partial charge >= 0.3 is 0 Å². The first kappa shape index (κ1) is 68.1. The molecule has 0 bridgehead atoms. The number of hydrogen-bond acceptors (Lipinski definition) is 19. The summed E-state index contributed by atoms with van der Waals surface area (Å²) >= 11 is 0. The third kappa shape index (κ3) is 26.0. The van der Waals surface area contributed by atoms with Gasteiger partial charge in [-0.1, -0.05) is 6.08 Å². The normalized spacial score (nSPS) is 15.8. The molecule has 1 aromatic rings. The summed E-state index contributed by atoms with van der Waals surface area (Å²) in [6.45, 7) is 0.0304. The van der Waals surface area contributed by atoms with Gasteiger partial charge in [-0.3, -0.25) is 48.1 Å². The smallest absolute Gasteiger partial charge is 0.269 e. The van der Waals surface area contributed by atoms with Crippen molar-refractivity contribution in [3.05, 3.63) is 30.0 Å². The van der Waals surface area contributed by atoms with Gasteiger partial charge in [-0.05, 0) is 110 Å². The Kier molecular flexibility index (Phi) is 33.2. The third-order valence-corrected chi connectivity index (χ3v) is 12.2. The Morgan fingerprint density at radius 1 is 0.759 bits per heavy atom. The van der Waals surface area contributed by atoms with Crippen LogP contribution in [0.2, 0.25) is 0 Å². The first-order chi connectivity index (χ1) is 37.8. The summed E-state index contributed by atoms with van der Waals surface area (Å²) in [6.07, 6.45) is 4.73. The van der Waals surface area contributed by atoms with Gasteiger partial charge in [-0.25, -0.2) is 9.98 Å². The highest BCUT2D eigenvalue weighted by molar-refractivity contribution is 6.40. The number of aliphatic imine (C=N–C) groups is 2. The van der Waals surface area contributed by atoms with Crippen molar-refractivity contribution in [2.45, 2.75) is 139 Å². The number of likely N-dealkylation sites (tertiary alicyclic amines) is 1. The van der Waals surface area contributed by atoms with E-state index < -0.39 is 115 Å². The Hall–Kier alpha value is -7.00. The van der Waals surface area contributed by atoms with Crippen molar-refractivity contribution in [2.75, 3.05) is 65.4 Å². The molecular weight excluding hydrogens is 1030 g/mol. The van der Waals surface area contributed by atoms with E-state index in [1.165, 1.54) is 23.5 Å². The second kappa shape index (κ2) is 38.5. The van der Waals surface area contributed by atoms with Crippen LogP contribution in [0, 0.1) is 0 Å². The molecule has 31 heteroatoms. The summed E-state index contributed by atoms with van der Waals surface area (Å²) in [4.78, 5) is 139. The van der Waals surface area contributed by atoms with Crippen LogP contribution in [0.5, 0.6) is 0 Å². The number of guanidine groups is 1. The van der Waals surface area contributed by atoms with Crippen LogP contribution < -0.4 is 83.1 Å². The molecule has 1 saturated heterocycles. The molecule has 1 aliphatic rings. The predicted molar refractivity (Wildman–Crippen MR) is 292 cm³/mol. The highest BCUT2D eigenvalue weighted by atomic mass is 16.3. The van der Waals surface area contributed by atoms with Crippen LogP contribution in [0.4, 0.5) is 0 Å². The molecule has 7 atom stereocenters. The monoisotopic (exact) mass is 1120 g/mol. The maximum atomic E-state index is 14.4. The van der Waals surface area contributed by atoms with Gasteiger partial charge in [0.25, 0.3) is 17.7 Å². The molecule has 0 saturated carbocycles. The van der Waals surface area contributed by atoms with Crippen molar-refractivity contribution >= 4 is 64.8 Å². The van der Waals surface area contributed by atoms with Crippen molar-refractivity contribution < 1.29 is 53.4 Å². The molecule has 9 amide bonds. The van der Waals surface area contributed by atoms with Gasteiger partial charge in [0.2, 0.25) is 35.4 Å². The highest BCUT2D eigenvalue weighted by Crippen LogP contribution is 2.20. The van der Waals surface area contributed by atoms with E-state index in [9.17, 15) is 53.4 Å². The minimum Gasteiger partial charge on any atom is -0.391 e. The number of H-pyrrole nitrogens is 1. The fourth-order valence-electron chi connectivity index (χ4n) is 7.95. The number of aromatic amines is 1. The second-order valence-electron chi connectivity index (χ2n) is 18.6. The molecule has 0 aliphatic carbocycles. The quantitative estimate of drug-likeness (QED) is 0.0126. The standard InChI is InChI=1S/C48H86N20O11/c49-15-3-1-10-31(41(73)58-19-6-5-17-51)63-43(75)33(13-8-20-59-48(55)56)64-42(74)32(11-2-4-16-50)65-44(76)35(22-29-26-57-28-61-29)66-45(77)36-14-9-21-68(36)47(79)34(12-7-18-52)62-39(72)27-60-46(78)40(37(70)25-54)67-38(71)23-30(69)24-53/h13,26,28,30-32,35-37,40,69-70H,1-12,14-25,27,49-54H2,(H,57,61)(H,58,73)(H,60,78)(H,63,75)(H,64,74)(H,65,76)(H,66,77)(H,67,71)(H4,55,56,59)/b33-13-,62-34?/t30-,31-,32+,35+,36+,37+,40+/m1/s1. The number of nitrogens with two attached hydrogens (primary N) is 8. The molecule has 0 radical (unpaired) electrons. The molecule has 1 aromatic heterocycles. The predicted octanol–water partition coefficient (Wildman–Crippen LogP) is -7.49. The Morgan fingerprint density at radius 3 is 2.03 bits per heavy atom. The van der Waals surface area contributed by atoms with Crippen molar-refractivity contribution in [1.82, 2.24) is 52.1 Å². The van der Waals surface area contributed by atoms with E-state index in [2.05, 4.69) is 57.2 Å². The van der Waals surface area contributed by atoms with Crippen LogP contribution in [0.3, 0.4) is 0 Å². The average Bonchev–Trinajstić information content (AvgIpc) is 4.16. The molecule has 2 rings (SSSR count). The Labute approximate surface area is 459 Å². The van der Waals surface area contributed by atoms with E-state index in [-0.39, 0.29) is 95.0 Å². The SMILES string of the molecule is NCCCCNC(=O)[C@@H](CCCCN)NC(=O)/C(=C/CCN=C(N)N)NC(=O)[C@H](CCCCN)NC(=O)[C@H](Cc1cnc[nH]1)NC(=O)[C@@H]1CCCN1C(=O)C(CCCN)=NC(=O)CNC(=O)[C@@H](NC(=O)C[C@@H](O)CN)[C@@H](O)CN. The Morgan fingerprint density at radius 2 is 1.42 bits per heavy atom. The molecule has 1 fully saturated rings. The third-order valence-electron chi connectivity index (χ3n) is 12.2. The number of carbonyl (C=O) groups is 9.